The molecule has 2 aliphatic rings. The number of rotatable bonds is 8. The number of amides is 2. The van der Waals surface area contributed by atoms with Gasteiger partial charge in [0.25, 0.3) is 11.8 Å². The van der Waals surface area contributed by atoms with Crippen molar-refractivity contribution in [3.05, 3.63) is 168 Å². The second kappa shape index (κ2) is 12.9. The number of anilines is 2. The number of nitrogens with one attached hydrogen (secondary N) is 2. The summed E-state index contributed by atoms with van der Waals surface area (Å²) in [6.45, 7) is 4.37. The van der Waals surface area contributed by atoms with Crippen LogP contribution in [-0.2, 0) is 15.0 Å². The maximum atomic E-state index is 12.4. The normalized spacial score (nSPS) is 14.9. The summed E-state index contributed by atoms with van der Waals surface area (Å²) >= 11 is 0. The molecule has 2 N–H and O–H groups in total. The van der Waals surface area contributed by atoms with Crippen molar-refractivity contribution in [2.24, 2.45) is 9.98 Å². The van der Waals surface area contributed by atoms with Crippen molar-refractivity contribution in [1.82, 2.24) is 0 Å². The fourth-order valence-electron chi connectivity index (χ4n) is 6.18. The lowest BCUT2D eigenvalue weighted by atomic mass is 9.78. The molecule has 0 aromatic heterocycles. The van der Waals surface area contributed by atoms with Crippen LogP contribution in [0.15, 0.2) is 156 Å². The Labute approximate surface area is 295 Å². The Hall–Kier alpha value is -6.80. The minimum absolute atomic E-state index is 0.206. The molecule has 248 valence electrons. The first-order valence-corrected chi connectivity index (χ1v) is 16.6. The number of fused-ring (bicyclic) bond motifs is 2. The van der Waals surface area contributed by atoms with Gasteiger partial charge in [-0.1, -0.05) is 74.5 Å². The van der Waals surface area contributed by atoms with E-state index in [1.165, 1.54) is 0 Å². The first-order chi connectivity index (χ1) is 24.8. The number of aliphatic imine (C=N–C) groups is 2. The van der Waals surface area contributed by atoms with E-state index >= 15 is 0 Å². The van der Waals surface area contributed by atoms with Gasteiger partial charge in [0.2, 0.25) is 0 Å². The number of hydrogen-bond acceptors (Lipinski definition) is 6. The van der Waals surface area contributed by atoms with Crippen LogP contribution < -0.4 is 20.1 Å². The van der Waals surface area contributed by atoms with Crippen LogP contribution in [0.5, 0.6) is 23.0 Å². The molecule has 2 aliphatic heterocycles. The van der Waals surface area contributed by atoms with Gasteiger partial charge in [-0.25, -0.2) is 9.98 Å². The zero-order valence-corrected chi connectivity index (χ0v) is 27.9. The summed E-state index contributed by atoms with van der Waals surface area (Å²) in [5.41, 5.74) is 7.30. The molecule has 8 rings (SSSR count). The third kappa shape index (κ3) is 6.38. The van der Waals surface area contributed by atoms with Crippen LogP contribution in [0.4, 0.5) is 22.7 Å². The summed E-state index contributed by atoms with van der Waals surface area (Å²) in [5, 5.41) is 5.70. The highest BCUT2D eigenvalue weighted by Crippen LogP contribution is 2.35. The largest absolute Gasteiger partial charge is 0.457 e. The van der Waals surface area contributed by atoms with E-state index in [9.17, 15) is 9.59 Å². The van der Waals surface area contributed by atoms with Crippen LogP contribution in [-0.4, -0.2) is 23.2 Å². The molecule has 0 radical (unpaired) electrons. The summed E-state index contributed by atoms with van der Waals surface area (Å²) in [7, 11) is 0. The quantitative estimate of drug-likeness (QED) is 0.169. The summed E-state index contributed by atoms with van der Waals surface area (Å²) in [6.07, 6.45) is 0. The summed E-state index contributed by atoms with van der Waals surface area (Å²) < 4.78 is 12.2. The molecular formula is C43H32N4O4. The van der Waals surface area contributed by atoms with E-state index in [2.05, 4.69) is 58.7 Å². The Morgan fingerprint density at radius 1 is 0.451 bits per heavy atom. The average molecular weight is 669 g/mol. The van der Waals surface area contributed by atoms with E-state index in [1.807, 2.05) is 121 Å². The SMILES string of the molecule is CC(C)(c1ccc(Oc2ccc(N=C3C(=O)Nc4ccccc43)cc2)cc1)c1ccc(Oc2ccc(N=C3C(=O)Nc4ccccc43)cc2)cc1. The van der Waals surface area contributed by atoms with Gasteiger partial charge in [-0.3, -0.25) is 9.59 Å². The minimum Gasteiger partial charge on any atom is -0.457 e. The van der Waals surface area contributed by atoms with Crippen LogP contribution in [0.2, 0.25) is 0 Å². The van der Waals surface area contributed by atoms with Crippen LogP contribution in [0, 0.1) is 0 Å². The van der Waals surface area contributed by atoms with Crippen molar-refractivity contribution in [3.8, 4) is 23.0 Å². The van der Waals surface area contributed by atoms with Gasteiger partial charge in [0.15, 0.2) is 0 Å². The zero-order chi connectivity index (χ0) is 35.0. The Bertz CT molecular complexity index is 2180. The Morgan fingerprint density at radius 3 is 1.16 bits per heavy atom. The Morgan fingerprint density at radius 2 is 0.784 bits per heavy atom. The van der Waals surface area contributed by atoms with E-state index in [4.69, 9.17) is 9.47 Å². The highest BCUT2D eigenvalue weighted by molar-refractivity contribution is 6.54. The third-order valence-corrected chi connectivity index (χ3v) is 9.07. The van der Waals surface area contributed by atoms with Crippen LogP contribution in [0.3, 0.4) is 0 Å². The van der Waals surface area contributed by atoms with Crippen LogP contribution in [0.25, 0.3) is 0 Å². The van der Waals surface area contributed by atoms with Crippen molar-refractivity contribution in [2.45, 2.75) is 19.3 Å². The first kappa shape index (κ1) is 31.5. The molecule has 0 unspecified atom stereocenters. The predicted molar refractivity (Wildman–Crippen MR) is 201 cm³/mol. The van der Waals surface area contributed by atoms with Gasteiger partial charge in [-0.05, 0) is 96.1 Å². The van der Waals surface area contributed by atoms with Gasteiger partial charge in [-0.15, -0.1) is 0 Å². The monoisotopic (exact) mass is 668 g/mol. The summed E-state index contributed by atoms with van der Waals surface area (Å²) in [5.74, 6) is 2.37. The molecule has 0 spiro atoms. The number of ether oxygens (including phenoxy) is 2. The van der Waals surface area contributed by atoms with Crippen molar-refractivity contribution < 1.29 is 19.1 Å². The fraction of sp³-hybridized carbons (Fsp3) is 0.0698. The fourth-order valence-corrected chi connectivity index (χ4v) is 6.18. The van der Waals surface area contributed by atoms with E-state index in [1.54, 1.807) is 0 Å². The number of para-hydroxylation sites is 2. The molecule has 2 amide bonds. The molecule has 2 heterocycles. The van der Waals surface area contributed by atoms with Crippen LogP contribution in [0.1, 0.15) is 36.1 Å². The van der Waals surface area contributed by atoms with Gasteiger partial charge in [-0.2, -0.15) is 0 Å². The molecular weight excluding hydrogens is 636 g/mol. The molecule has 0 saturated heterocycles. The van der Waals surface area contributed by atoms with Crippen molar-refractivity contribution >= 4 is 46.0 Å². The highest BCUT2D eigenvalue weighted by Gasteiger charge is 2.27. The van der Waals surface area contributed by atoms with Crippen molar-refractivity contribution in [2.75, 3.05) is 10.6 Å². The molecule has 0 aliphatic carbocycles. The summed E-state index contributed by atoms with van der Waals surface area (Å²) in [4.78, 5) is 34.0. The molecule has 6 aromatic carbocycles. The molecule has 8 nitrogen and oxygen atoms in total. The Kier molecular flexibility index (Phi) is 7.96. The zero-order valence-electron chi connectivity index (χ0n) is 27.9. The second-order valence-electron chi connectivity index (χ2n) is 12.8. The lowest BCUT2D eigenvalue weighted by Crippen LogP contribution is -2.18. The number of carbonyl (C=O) groups excluding carboxylic acids is 2. The molecule has 51 heavy (non-hydrogen) atoms. The van der Waals surface area contributed by atoms with Gasteiger partial charge in [0, 0.05) is 16.5 Å². The maximum absolute atomic E-state index is 12.4. The molecule has 6 aromatic rings. The average Bonchev–Trinajstić information content (AvgIpc) is 3.64. The van der Waals surface area contributed by atoms with E-state index in [-0.39, 0.29) is 17.2 Å². The topological polar surface area (TPSA) is 101 Å². The summed E-state index contributed by atoms with van der Waals surface area (Å²) in [6, 6.07) is 46.0. The van der Waals surface area contributed by atoms with E-state index in [0.29, 0.717) is 34.3 Å². The van der Waals surface area contributed by atoms with E-state index in [0.717, 1.165) is 45.1 Å². The minimum atomic E-state index is -0.269. The molecule has 0 atom stereocenters. The van der Waals surface area contributed by atoms with Gasteiger partial charge in [0.1, 0.15) is 34.4 Å². The number of benzene rings is 6. The third-order valence-electron chi connectivity index (χ3n) is 9.07. The maximum Gasteiger partial charge on any atom is 0.275 e. The molecule has 0 fully saturated rings. The van der Waals surface area contributed by atoms with Gasteiger partial charge in [0.05, 0.1) is 22.7 Å². The highest BCUT2D eigenvalue weighted by atomic mass is 16.5. The van der Waals surface area contributed by atoms with Gasteiger partial charge < -0.3 is 20.1 Å². The van der Waals surface area contributed by atoms with Gasteiger partial charge >= 0.3 is 0 Å². The Balaban J connectivity index is 0.894. The standard InChI is InChI=1S/C43H32N4O4/c1-43(2,27-11-19-31(20-12-27)50-33-23-15-29(16-24-33)44-39-35-7-3-5-9-37(35)46-41(39)48)28-13-21-32(22-14-28)51-34-25-17-30(18-26-34)45-40-36-8-4-6-10-38(36)47-42(40)49/h3-26H,1-2H3,(H,44,46,48)(H,45,47,49). The molecule has 8 heteroatoms. The van der Waals surface area contributed by atoms with E-state index < -0.39 is 0 Å². The number of nitrogens with zero attached hydrogens (tertiary/aromatic N) is 2. The van der Waals surface area contributed by atoms with Crippen molar-refractivity contribution in [3.63, 3.8) is 0 Å². The smallest absolute Gasteiger partial charge is 0.275 e. The molecule has 0 saturated carbocycles. The number of carbonyl (C=O) groups is 2. The predicted octanol–water partition coefficient (Wildman–Crippen LogP) is 9.74. The molecule has 0 bridgehead atoms. The van der Waals surface area contributed by atoms with Crippen molar-refractivity contribution in [1.29, 1.82) is 0 Å². The number of hydrogen-bond donors (Lipinski definition) is 2. The lowest BCUT2D eigenvalue weighted by molar-refractivity contribution is -0.110. The first-order valence-electron chi connectivity index (χ1n) is 16.6. The lowest BCUT2D eigenvalue weighted by Gasteiger charge is -2.26. The second-order valence-corrected chi connectivity index (χ2v) is 12.8. The van der Waals surface area contributed by atoms with Crippen LogP contribution >= 0.6 is 0 Å².